The fraction of sp³-hybridized carbons (Fsp3) is 0.800. The average molecular weight is 211 g/mol. The molecule has 0 amide bonds. The molecule has 1 aliphatic heterocycles. The second-order valence-electron chi connectivity index (χ2n) is 4.15. The smallest absolute Gasteiger partial charge is 0.0760 e. The number of nitrogens with one attached hydrogen (secondary N) is 1. The van der Waals surface area contributed by atoms with Gasteiger partial charge in [0.15, 0.2) is 0 Å². The summed E-state index contributed by atoms with van der Waals surface area (Å²) < 4.78 is 4.02. The van der Waals surface area contributed by atoms with Crippen LogP contribution in [0.25, 0.3) is 0 Å². The summed E-state index contributed by atoms with van der Waals surface area (Å²) in [6.07, 6.45) is 2.41. The van der Waals surface area contributed by atoms with Crippen LogP contribution < -0.4 is 5.32 Å². The summed E-state index contributed by atoms with van der Waals surface area (Å²) in [4.78, 5) is 1.38. The fourth-order valence-electron chi connectivity index (χ4n) is 2.36. The Labute approximate surface area is 89.1 Å². The van der Waals surface area contributed by atoms with Gasteiger partial charge in [0.25, 0.3) is 0 Å². The molecule has 0 spiro atoms. The van der Waals surface area contributed by atoms with Crippen molar-refractivity contribution in [3.8, 4) is 0 Å². The summed E-state index contributed by atoms with van der Waals surface area (Å²) in [7, 11) is 0. The topological polar surface area (TPSA) is 37.8 Å². The Morgan fingerprint density at radius 1 is 1.57 bits per heavy atom. The maximum atomic E-state index is 4.10. The molecule has 14 heavy (non-hydrogen) atoms. The third-order valence-electron chi connectivity index (χ3n) is 3.05. The van der Waals surface area contributed by atoms with Crippen LogP contribution in [0, 0.1) is 6.92 Å². The Bertz CT molecular complexity index is 310. The zero-order valence-corrected chi connectivity index (χ0v) is 9.77. The first kappa shape index (κ1) is 10.1. The molecule has 4 heteroatoms. The summed E-state index contributed by atoms with van der Waals surface area (Å²) >= 11 is 1.57. The van der Waals surface area contributed by atoms with Crippen molar-refractivity contribution >= 4 is 11.5 Å². The predicted molar refractivity (Wildman–Crippen MR) is 58.7 cm³/mol. The Balaban J connectivity index is 2.21. The van der Waals surface area contributed by atoms with Crippen molar-refractivity contribution in [2.75, 3.05) is 0 Å². The van der Waals surface area contributed by atoms with Gasteiger partial charge in [0, 0.05) is 18.0 Å². The van der Waals surface area contributed by atoms with Crippen LogP contribution in [0.1, 0.15) is 43.2 Å². The van der Waals surface area contributed by atoms with Crippen molar-refractivity contribution in [2.45, 2.75) is 51.6 Å². The van der Waals surface area contributed by atoms with Gasteiger partial charge in [-0.05, 0) is 38.2 Å². The number of aryl methyl sites for hydroxylation is 1. The normalized spacial score (nSPS) is 32.4. The molecule has 3 nitrogen and oxygen atoms in total. The van der Waals surface area contributed by atoms with E-state index < -0.39 is 0 Å². The van der Waals surface area contributed by atoms with Gasteiger partial charge >= 0.3 is 0 Å². The highest BCUT2D eigenvalue weighted by Crippen LogP contribution is 2.35. The Kier molecular flexibility index (Phi) is 2.83. The highest BCUT2D eigenvalue weighted by atomic mass is 32.1. The van der Waals surface area contributed by atoms with Gasteiger partial charge in [-0.25, -0.2) is 0 Å². The number of rotatable bonds is 2. The van der Waals surface area contributed by atoms with E-state index in [0.717, 1.165) is 5.69 Å². The molecule has 1 aromatic heterocycles. The lowest BCUT2D eigenvalue weighted by molar-refractivity contribution is 0.519. The van der Waals surface area contributed by atoms with Gasteiger partial charge in [-0.1, -0.05) is 11.4 Å². The maximum absolute atomic E-state index is 4.10. The number of aromatic nitrogens is 2. The van der Waals surface area contributed by atoms with Crippen LogP contribution in [0.4, 0.5) is 0 Å². The maximum Gasteiger partial charge on any atom is 0.0760 e. The molecular formula is C10H17N3S. The van der Waals surface area contributed by atoms with Crippen molar-refractivity contribution < 1.29 is 0 Å². The van der Waals surface area contributed by atoms with E-state index in [1.807, 2.05) is 0 Å². The van der Waals surface area contributed by atoms with Crippen LogP contribution in [-0.4, -0.2) is 21.7 Å². The van der Waals surface area contributed by atoms with Gasteiger partial charge in [-0.3, -0.25) is 0 Å². The summed E-state index contributed by atoms with van der Waals surface area (Å²) in [5.41, 5.74) is 1.12. The predicted octanol–water partition coefficient (Wildman–Crippen LogP) is 2.09. The van der Waals surface area contributed by atoms with Crippen molar-refractivity contribution in [1.29, 1.82) is 0 Å². The summed E-state index contributed by atoms with van der Waals surface area (Å²) in [5, 5.41) is 7.72. The molecular weight excluding hydrogens is 194 g/mol. The number of hydrogen-bond acceptors (Lipinski definition) is 4. The number of nitrogens with zero attached hydrogens (tertiary/aromatic N) is 2. The standard InChI is InChI=1S/C10H17N3S/c1-4-9-8(5-6(2)11-9)10-7(3)12-13-14-10/h6,8-9,11H,4-5H2,1-3H3. The van der Waals surface area contributed by atoms with Crippen molar-refractivity contribution in [3.63, 3.8) is 0 Å². The van der Waals surface area contributed by atoms with Crippen LogP contribution in [0.3, 0.4) is 0 Å². The zero-order chi connectivity index (χ0) is 10.1. The minimum absolute atomic E-state index is 0.617. The lowest BCUT2D eigenvalue weighted by Crippen LogP contribution is -2.28. The van der Waals surface area contributed by atoms with Gasteiger partial charge in [-0.2, -0.15) is 0 Å². The van der Waals surface area contributed by atoms with E-state index in [1.165, 1.54) is 17.7 Å². The minimum atomic E-state index is 0.617. The second kappa shape index (κ2) is 3.95. The Hall–Kier alpha value is -0.480. The van der Waals surface area contributed by atoms with Crippen LogP contribution in [0.15, 0.2) is 0 Å². The van der Waals surface area contributed by atoms with Crippen molar-refractivity contribution in [1.82, 2.24) is 14.9 Å². The monoisotopic (exact) mass is 211 g/mol. The van der Waals surface area contributed by atoms with Gasteiger partial charge in [0.1, 0.15) is 0 Å². The van der Waals surface area contributed by atoms with Crippen LogP contribution in [0.5, 0.6) is 0 Å². The van der Waals surface area contributed by atoms with E-state index in [9.17, 15) is 0 Å². The lowest BCUT2D eigenvalue weighted by atomic mass is 9.95. The molecule has 78 valence electrons. The molecule has 1 fully saturated rings. The third kappa shape index (κ3) is 1.68. The van der Waals surface area contributed by atoms with Crippen LogP contribution in [0.2, 0.25) is 0 Å². The lowest BCUT2D eigenvalue weighted by Gasteiger charge is -2.15. The SMILES string of the molecule is CCC1NC(C)CC1c1snnc1C. The average Bonchev–Trinajstić information content (AvgIpc) is 2.71. The molecule has 0 radical (unpaired) electrons. The van der Waals surface area contributed by atoms with Gasteiger partial charge < -0.3 is 5.32 Å². The largest absolute Gasteiger partial charge is 0.311 e. The Morgan fingerprint density at radius 3 is 2.93 bits per heavy atom. The van der Waals surface area contributed by atoms with Crippen LogP contribution in [-0.2, 0) is 0 Å². The van der Waals surface area contributed by atoms with E-state index >= 15 is 0 Å². The van der Waals surface area contributed by atoms with E-state index in [0.29, 0.717) is 18.0 Å². The van der Waals surface area contributed by atoms with E-state index in [2.05, 4.69) is 35.7 Å². The highest BCUT2D eigenvalue weighted by Gasteiger charge is 2.33. The molecule has 1 N–H and O–H groups in total. The van der Waals surface area contributed by atoms with Gasteiger partial charge in [0.2, 0.25) is 0 Å². The Morgan fingerprint density at radius 2 is 2.36 bits per heavy atom. The molecule has 3 atom stereocenters. The van der Waals surface area contributed by atoms with E-state index in [4.69, 9.17) is 0 Å². The molecule has 0 saturated carbocycles. The molecule has 3 unspecified atom stereocenters. The second-order valence-corrected chi connectivity index (χ2v) is 4.93. The third-order valence-corrected chi connectivity index (χ3v) is 4.01. The summed E-state index contributed by atoms with van der Waals surface area (Å²) in [5.74, 6) is 0.634. The fourth-order valence-corrected chi connectivity index (χ4v) is 3.18. The van der Waals surface area contributed by atoms with Crippen molar-refractivity contribution in [2.24, 2.45) is 0 Å². The molecule has 2 rings (SSSR count). The van der Waals surface area contributed by atoms with Gasteiger partial charge in [0.05, 0.1) is 10.6 Å². The molecule has 2 heterocycles. The molecule has 0 aliphatic carbocycles. The van der Waals surface area contributed by atoms with E-state index in [1.54, 1.807) is 11.5 Å². The first-order valence-electron chi connectivity index (χ1n) is 5.27. The van der Waals surface area contributed by atoms with Gasteiger partial charge in [-0.15, -0.1) is 5.10 Å². The molecule has 1 aromatic rings. The summed E-state index contributed by atoms with van der Waals surface area (Å²) in [6.45, 7) is 6.56. The number of hydrogen-bond donors (Lipinski definition) is 1. The first-order valence-corrected chi connectivity index (χ1v) is 6.04. The first-order chi connectivity index (χ1) is 6.72. The highest BCUT2D eigenvalue weighted by molar-refractivity contribution is 7.05. The molecule has 0 aromatic carbocycles. The van der Waals surface area contributed by atoms with E-state index in [-0.39, 0.29) is 0 Å². The quantitative estimate of drug-likeness (QED) is 0.814. The minimum Gasteiger partial charge on any atom is -0.311 e. The summed E-state index contributed by atoms with van der Waals surface area (Å²) in [6, 6.07) is 1.25. The molecule has 1 aliphatic rings. The molecule has 1 saturated heterocycles. The van der Waals surface area contributed by atoms with Crippen molar-refractivity contribution in [3.05, 3.63) is 10.6 Å². The van der Waals surface area contributed by atoms with Crippen LogP contribution >= 0.6 is 11.5 Å². The zero-order valence-electron chi connectivity index (χ0n) is 8.95. The molecule has 0 bridgehead atoms.